The summed E-state index contributed by atoms with van der Waals surface area (Å²) in [5, 5.41) is 15.5. The van der Waals surface area contributed by atoms with Crippen molar-refractivity contribution >= 4 is 49.9 Å². The van der Waals surface area contributed by atoms with E-state index in [0.29, 0.717) is 10.9 Å². The van der Waals surface area contributed by atoms with Gasteiger partial charge in [-0.2, -0.15) is 0 Å². The van der Waals surface area contributed by atoms with Crippen LogP contribution in [0.15, 0.2) is 48.5 Å². The van der Waals surface area contributed by atoms with E-state index in [-0.39, 0.29) is 23.4 Å². The second kappa shape index (κ2) is 7.24. The normalized spacial score (nSPS) is 10.3. The van der Waals surface area contributed by atoms with Gasteiger partial charge in [-0.05, 0) is 42.5 Å². The summed E-state index contributed by atoms with van der Waals surface area (Å²) in [7, 11) is 0. The van der Waals surface area contributed by atoms with E-state index in [1.807, 2.05) is 18.2 Å². The van der Waals surface area contributed by atoms with Gasteiger partial charge < -0.3 is 15.2 Å². The molecule has 3 rings (SSSR count). The fourth-order valence-electron chi connectivity index (χ4n) is 1.92. The summed E-state index contributed by atoms with van der Waals surface area (Å²) in [5.74, 6) is 0.416. The highest BCUT2D eigenvalue weighted by molar-refractivity contribution is 7.80. The molecule has 0 saturated carbocycles. The van der Waals surface area contributed by atoms with Crippen molar-refractivity contribution in [2.75, 3.05) is 11.9 Å². The standard InChI is InChI=1S/C16H13N3O3S2/c20-10-6-7-12-13(8-10)24-16(17-12)19-15(23)18-14(21)9-22-11-4-2-1-3-5-11/h1-8,20H,9H2,(H2,17,18,19,21,23). The fraction of sp³-hybridized carbons (Fsp3) is 0.0625. The quantitative estimate of drug-likeness (QED) is 0.621. The second-order valence-electron chi connectivity index (χ2n) is 4.78. The van der Waals surface area contributed by atoms with Gasteiger partial charge in [0, 0.05) is 0 Å². The van der Waals surface area contributed by atoms with Gasteiger partial charge in [-0.25, -0.2) is 4.98 Å². The van der Waals surface area contributed by atoms with Gasteiger partial charge in [-0.15, -0.1) is 0 Å². The van der Waals surface area contributed by atoms with Crippen LogP contribution in [0, 0.1) is 0 Å². The smallest absolute Gasteiger partial charge is 0.264 e. The van der Waals surface area contributed by atoms with Crippen LogP contribution in [0.3, 0.4) is 0 Å². The Labute approximate surface area is 147 Å². The highest BCUT2D eigenvalue weighted by Gasteiger charge is 2.09. The zero-order chi connectivity index (χ0) is 16.9. The van der Waals surface area contributed by atoms with E-state index in [2.05, 4.69) is 15.6 Å². The number of para-hydroxylation sites is 1. The molecule has 0 aliphatic rings. The number of amides is 1. The molecule has 1 aromatic heterocycles. The van der Waals surface area contributed by atoms with Crippen LogP contribution in [-0.4, -0.2) is 27.7 Å². The molecule has 0 unspecified atom stereocenters. The number of rotatable bonds is 4. The third-order valence-electron chi connectivity index (χ3n) is 2.96. The molecule has 0 aliphatic heterocycles. The zero-order valence-electron chi connectivity index (χ0n) is 12.4. The number of carbonyl (C=O) groups is 1. The molecule has 0 bridgehead atoms. The van der Waals surface area contributed by atoms with Crippen LogP contribution in [0.1, 0.15) is 0 Å². The highest BCUT2D eigenvalue weighted by Crippen LogP contribution is 2.28. The fourth-order valence-corrected chi connectivity index (χ4v) is 3.10. The van der Waals surface area contributed by atoms with Gasteiger partial charge in [0.15, 0.2) is 16.9 Å². The number of anilines is 1. The van der Waals surface area contributed by atoms with Gasteiger partial charge in [0.25, 0.3) is 5.91 Å². The van der Waals surface area contributed by atoms with E-state index in [4.69, 9.17) is 17.0 Å². The Balaban J connectivity index is 1.53. The number of thiazole rings is 1. The molecule has 122 valence electrons. The summed E-state index contributed by atoms with van der Waals surface area (Å²) in [5.41, 5.74) is 0.738. The Hall–Kier alpha value is -2.71. The van der Waals surface area contributed by atoms with Gasteiger partial charge in [-0.3, -0.25) is 10.1 Å². The number of thiocarbonyl (C=S) groups is 1. The summed E-state index contributed by atoms with van der Waals surface area (Å²) in [6.45, 7) is -0.139. The monoisotopic (exact) mass is 359 g/mol. The second-order valence-corrected chi connectivity index (χ2v) is 6.21. The minimum absolute atomic E-state index is 0.139. The zero-order valence-corrected chi connectivity index (χ0v) is 14.0. The van der Waals surface area contributed by atoms with Crippen molar-refractivity contribution in [3.63, 3.8) is 0 Å². The van der Waals surface area contributed by atoms with E-state index in [9.17, 15) is 9.90 Å². The van der Waals surface area contributed by atoms with Gasteiger partial charge in [0.2, 0.25) is 0 Å². The van der Waals surface area contributed by atoms with E-state index in [1.165, 1.54) is 11.3 Å². The van der Waals surface area contributed by atoms with Gasteiger partial charge in [0.05, 0.1) is 10.2 Å². The molecule has 2 aromatic carbocycles. The first-order valence-electron chi connectivity index (χ1n) is 6.98. The lowest BCUT2D eigenvalue weighted by Crippen LogP contribution is -2.37. The van der Waals surface area contributed by atoms with E-state index < -0.39 is 0 Å². The maximum atomic E-state index is 11.8. The van der Waals surface area contributed by atoms with Crippen LogP contribution in [-0.2, 0) is 4.79 Å². The molecule has 3 aromatic rings. The van der Waals surface area contributed by atoms with Crippen LogP contribution >= 0.6 is 23.6 Å². The Morgan fingerprint density at radius 3 is 2.83 bits per heavy atom. The Morgan fingerprint density at radius 1 is 1.25 bits per heavy atom. The summed E-state index contributed by atoms with van der Waals surface area (Å²) in [6.07, 6.45) is 0. The molecule has 3 N–H and O–H groups in total. The molecule has 8 heteroatoms. The first kappa shape index (κ1) is 16.2. The number of phenolic OH excluding ortho intramolecular Hbond substituents is 1. The molecular weight excluding hydrogens is 346 g/mol. The third kappa shape index (κ3) is 4.18. The van der Waals surface area contributed by atoms with Crippen molar-refractivity contribution in [3.05, 3.63) is 48.5 Å². The number of nitrogens with zero attached hydrogens (tertiary/aromatic N) is 1. The van der Waals surface area contributed by atoms with E-state index >= 15 is 0 Å². The van der Waals surface area contributed by atoms with Crippen molar-refractivity contribution < 1.29 is 14.6 Å². The molecule has 0 atom stereocenters. The molecule has 0 aliphatic carbocycles. The topological polar surface area (TPSA) is 83.5 Å². The number of nitrogens with one attached hydrogen (secondary N) is 2. The Bertz CT molecular complexity index is 881. The average molecular weight is 359 g/mol. The summed E-state index contributed by atoms with van der Waals surface area (Å²) >= 11 is 6.42. The Morgan fingerprint density at radius 2 is 2.04 bits per heavy atom. The summed E-state index contributed by atoms with van der Waals surface area (Å²) < 4.78 is 6.16. The Kier molecular flexibility index (Phi) is 4.88. The maximum absolute atomic E-state index is 11.8. The number of aromatic hydroxyl groups is 1. The van der Waals surface area contributed by atoms with Crippen molar-refractivity contribution in [1.29, 1.82) is 0 Å². The number of ether oxygens (including phenoxy) is 1. The van der Waals surface area contributed by atoms with Gasteiger partial charge in [0.1, 0.15) is 11.5 Å². The largest absolute Gasteiger partial charge is 0.508 e. The lowest BCUT2D eigenvalue weighted by atomic mass is 10.3. The molecular formula is C16H13N3O3S2. The van der Waals surface area contributed by atoms with Crippen LogP contribution in [0.5, 0.6) is 11.5 Å². The number of hydrogen-bond acceptors (Lipinski definition) is 6. The van der Waals surface area contributed by atoms with E-state index in [0.717, 1.165) is 10.2 Å². The number of aromatic nitrogens is 1. The molecule has 0 radical (unpaired) electrons. The molecule has 1 amide bonds. The number of phenols is 1. The lowest BCUT2D eigenvalue weighted by molar-refractivity contribution is -0.121. The number of carbonyl (C=O) groups excluding carboxylic acids is 1. The SMILES string of the molecule is O=C(COc1ccccc1)NC(=S)Nc1nc2ccc(O)cc2s1. The van der Waals surface area contributed by atoms with Gasteiger partial charge >= 0.3 is 0 Å². The van der Waals surface area contributed by atoms with Crippen molar-refractivity contribution in [1.82, 2.24) is 10.3 Å². The highest BCUT2D eigenvalue weighted by atomic mass is 32.1. The number of hydrogen-bond donors (Lipinski definition) is 3. The average Bonchev–Trinajstić information content (AvgIpc) is 2.95. The molecule has 1 heterocycles. The minimum Gasteiger partial charge on any atom is -0.508 e. The predicted molar refractivity (Wildman–Crippen MR) is 97.6 cm³/mol. The van der Waals surface area contributed by atoms with Crippen molar-refractivity contribution in [3.8, 4) is 11.5 Å². The van der Waals surface area contributed by atoms with Crippen molar-refractivity contribution in [2.45, 2.75) is 0 Å². The van der Waals surface area contributed by atoms with Crippen LogP contribution in [0.4, 0.5) is 5.13 Å². The summed E-state index contributed by atoms with van der Waals surface area (Å²) in [6, 6.07) is 13.9. The third-order valence-corrected chi connectivity index (χ3v) is 4.10. The van der Waals surface area contributed by atoms with E-state index in [1.54, 1.807) is 30.3 Å². The predicted octanol–water partition coefficient (Wildman–Crippen LogP) is 2.89. The van der Waals surface area contributed by atoms with Crippen LogP contribution in [0.25, 0.3) is 10.2 Å². The molecule has 0 saturated heterocycles. The number of fused-ring (bicyclic) bond motifs is 1. The maximum Gasteiger partial charge on any atom is 0.264 e. The molecule has 6 nitrogen and oxygen atoms in total. The summed E-state index contributed by atoms with van der Waals surface area (Å²) in [4.78, 5) is 16.1. The first-order valence-corrected chi connectivity index (χ1v) is 8.21. The molecule has 0 spiro atoms. The molecule has 24 heavy (non-hydrogen) atoms. The van der Waals surface area contributed by atoms with Crippen molar-refractivity contribution in [2.24, 2.45) is 0 Å². The minimum atomic E-state index is -0.366. The van der Waals surface area contributed by atoms with Crippen LogP contribution < -0.4 is 15.4 Å². The number of benzene rings is 2. The lowest BCUT2D eigenvalue weighted by Gasteiger charge is -2.08. The first-order chi connectivity index (χ1) is 11.6. The van der Waals surface area contributed by atoms with Crippen LogP contribution in [0.2, 0.25) is 0 Å². The van der Waals surface area contributed by atoms with Gasteiger partial charge in [-0.1, -0.05) is 29.5 Å². The molecule has 0 fully saturated rings.